The predicted molar refractivity (Wildman–Crippen MR) is 146 cm³/mol. The number of carboxylic acid groups (broad SMARTS) is 1. The predicted octanol–water partition coefficient (Wildman–Crippen LogP) is 4.89. The molecular weight excluding hydrogens is 482 g/mol. The summed E-state index contributed by atoms with van der Waals surface area (Å²) < 4.78 is 2.17. The molecule has 1 aliphatic rings. The molecule has 0 aliphatic heterocycles. The minimum Gasteiger partial charge on any atom is -0.478 e. The quantitative estimate of drug-likeness (QED) is 0.233. The molecule has 1 saturated carbocycles. The van der Waals surface area contributed by atoms with Crippen LogP contribution in [0.4, 0.5) is 11.8 Å². The van der Waals surface area contributed by atoms with E-state index in [0.29, 0.717) is 37.3 Å². The molecule has 0 amide bonds. The van der Waals surface area contributed by atoms with Gasteiger partial charge in [0.1, 0.15) is 0 Å². The zero-order chi connectivity index (χ0) is 26.7. The standard InChI is InChI=1S/C28H33N7O3/c1-28(2,38)13-14-29-27-33-24(23-25(34-27)35(17-32-23)21-5-3-4-6-21)31-16-18-7-12-22(30-15-18)19-8-10-20(11-9-19)26(36)37/h7-12,15,17,21,38H,3-6,13-14,16H2,1-2H3,(H,36,37)(H2,29,31,33,34). The minimum atomic E-state index is -0.951. The van der Waals surface area contributed by atoms with Crippen molar-refractivity contribution in [1.82, 2.24) is 24.5 Å². The van der Waals surface area contributed by atoms with Crippen LogP contribution in [0.3, 0.4) is 0 Å². The van der Waals surface area contributed by atoms with Crippen LogP contribution in [0.25, 0.3) is 22.4 Å². The number of hydrogen-bond acceptors (Lipinski definition) is 8. The van der Waals surface area contributed by atoms with Gasteiger partial charge in [0.15, 0.2) is 17.0 Å². The Morgan fingerprint density at radius 3 is 2.47 bits per heavy atom. The van der Waals surface area contributed by atoms with Crippen molar-refractivity contribution in [2.24, 2.45) is 0 Å². The Kier molecular flexibility index (Phi) is 7.24. The van der Waals surface area contributed by atoms with E-state index in [4.69, 9.17) is 15.1 Å². The van der Waals surface area contributed by atoms with Crippen molar-refractivity contribution in [3.8, 4) is 11.3 Å². The summed E-state index contributed by atoms with van der Waals surface area (Å²) in [5.41, 5.74) is 3.59. The van der Waals surface area contributed by atoms with Crippen molar-refractivity contribution < 1.29 is 15.0 Å². The number of aliphatic hydroxyl groups is 1. The van der Waals surface area contributed by atoms with Gasteiger partial charge in [-0.1, -0.05) is 31.0 Å². The van der Waals surface area contributed by atoms with E-state index in [1.165, 1.54) is 12.8 Å². The monoisotopic (exact) mass is 515 g/mol. The van der Waals surface area contributed by atoms with Crippen LogP contribution in [0.5, 0.6) is 0 Å². The highest BCUT2D eigenvalue weighted by molar-refractivity contribution is 5.88. The fraction of sp³-hybridized carbons (Fsp3) is 0.393. The smallest absolute Gasteiger partial charge is 0.335 e. The molecule has 0 atom stereocenters. The van der Waals surface area contributed by atoms with Crippen molar-refractivity contribution >= 4 is 28.9 Å². The number of aromatic nitrogens is 5. The Bertz CT molecular complexity index is 1400. The lowest BCUT2D eigenvalue weighted by Gasteiger charge is -2.17. The summed E-state index contributed by atoms with van der Waals surface area (Å²) in [7, 11) is 0. The number of fused-ring (bicyclic) bond motifs is 1. The fourth-order valence-electron chi connectivity index (χ4n) is 4.72. The van der Waals surface area contributed by atoms with E-state index < -0.39 is 11.6 Å². The number of nitrogens with zero attached hydrogens (tertiary/aromatic N) is 5. The normalized spacial score (nSPS) is 14.2. The van der Waals surface area contributed by atoms with E-state index in [9.17, 15) is 9.90 Å². The molecule has 0 saturated heterocycles. The van der Waals surface area contributed by atoms with E-state index in [1.54, 1.807) is 44.3 Å². The summed E-state index contributed by atoms with van der Waals surface area (Å²) in [4.78, 5) is 29.8. The van der Waals surface area contributed by atoms with Crippen LogP contribution in [-0.4, -0.2) is 52.8 Å². The molecule has 4 aromatic rings. The van der Waals surface area contributed by atoms with Gasteiger partial charge in [0.2, 0.25) is 5.95 Å². The third-order valence-electron chi connectivity index (χ3n) is 6.87. The first-order valence-electron chi connectivity index (χ1n) is 13.0. The molecule has 5 rings (SSSR count). The van der Waals surface area contributed by atoms with Crippen LogP contribution >= 0.6 is 0 Å². The van der Waals surface area contributed by atoms with Crippen LogP contribution in [0.1, 0.15) is 67.9 Å². The van der Waals surface area contributed by atoms with Gasteiger partial charge in [-0.15, -0.1) is 0 Å². The maximum Gasteiger partial charge on any atom is 0.335 e. The number of imidazole rings is 1. The van der Waals surface area contributed by atoms with Gasteiger partial charge in [-0.05, 0) is 56.9 Å². The van der Waals surface area contributed by atoms with Gasteiger partial charge in [0.25, 0.3) is 0 Å². The molecule has 198 valence electrons. The molecule has 3 heterocycles. The number of carboxylic acids is 1. The van der Waals surface area contributed by atoms with Gasteiger partial charge in [-0.2, -0.15) is 9.97 Å². The van der Waals surface area contributed by atoms with Crippen molar-refractivity contribution in [3.63, 3.8) is 0 Å². The van der Waals surface area contributed by atoms with E-state index in [0.717, 1.165) is 40.8 Å². The second-order valence-electron chi connectivity index (χ2n) is 10.4. The first-order valence-corrected chi connectivity index (χ1v) is 13.0. The highest BCUT2D eigenvalue weighted by atomic mass is 16.4. The van der Waals surface area contributed by atoms with Gasteiger partial charge < -0.3 is 25.4 Å². The number of benzene rings is 1. The van der Waals surface area contributed by atoms with Gasteiger partial charge in [-0.3, -0.25) is 4.98 Å². The highest BCUT2D eigenvalue weighted by Crippen LogP contribution is 2.33. The minimum absolute atomic E-state index is 0.245. The lowest BCUT2D eigenvalue weighted by atomic mass is 10.1. The van der Waals surface area contributed by atoms with E-state index >= 15 is 0 Å². The van der Waals surface area contributed by atoms with E-state index in [1.807, 2.05) is 18.5 Å². The van der Waals surface area contributed by atoms with Crippen molar-refractivity contribution in [2.75, 3.05) is 17.2 Å². The molecule has 0 unspecified atom stereocenters. The zero-order valence-corrected chi connectivity index (χ0v) is 21.7. The summed E-state index contributed by atoms with van der Waals surface area (Å²) in [6, 6.07) is 11.0. The van der Waals surface area contributed by atoms with Crippen molar-refractivity contribution in [3.05, 3.63) is 60.0 Å². The Hall–Kier alpha value is -4.05. The Morgan fingerprint density at radius 1 is 1.05 bits per heavy atom. The van der Waals surface area contributed by atoms with Crippen molar-refractivity contribution in [1.29, 1.82) is 0 Å². The average molecular weight is 516 g/mol. The molecule has 4 N–H and O–H groups in total. The number of aromatic carboxylic acids is 1. The van der Waals surface area contributed by atoms with Crippen molar-refractivity contribution in [2.45, 2.75) is 64.1 Å². The van der Waals surface area contributed by atoms with E-state index in [2.05, 4.69) is 25.2 Å². The SMILES string of the molecule is CC(C)(O)CCNc1nc(NCc2ccc(-c3ccc(C(=O)O)cc3)nc2)c2ncn(C3CCCC3)c2n1. The Balaban J connectivity index is 1.34. The van der Waals surface area contributed by atoms with E-state index in [-0.39, 0.29) is 5.56 Å². The van der Waals surface area contributed by atoms with Crippen LogP contribution in [0, 0.1) is 0 Å². The zero-order valence-electron chi connectivity index (χ0n) is 21.7. The molecule has 0 radical (unpaired) electrons. The topological polar surface area (TPSA) is 138 Å². The van der Waals surface area contributed by atoms with Gasteiger partial charge in [0.05, 0.1) is 23.2 Å². The molecular formula is C28H33N7O3. The van der Waals surface area contributed by atoms with Gasteiger partial charge in [0, 0.05) is 30.9 Å². The number of nitrogens with one attached hydrogen (secondary N) is 2. The third-order valence-corrected chi connectivity index (χ3v) is 6.87. The molecule has 3 aromatic heterocycles. The van der Waals surface area contributed by atoms with Crippen LogP contribution < -0.4 is 10.6 Å². The Morgan fingerprint density at radius 2 is 1.82 bits per heavy atom. The fourth-order valence-corrected chi connectivity index (χ4v) is 4.72. The molecule has 0 spiro atoms. The van der Waals surface area contributed by atoms with Gasteiger partial charge in [-0.25, -0.2) is 9.78 Å². The van der Waals surface area contributed by atoms with Crippen LogP contribution in [0.2, 0.25) is 0 Å². The molecule has 1 aromatic carbocycles. The number of hydrogen-bond donors (Lipinski definition) is 4. The summed E-state index contributed by atoms with van der Waals surface area (Å²) in [5.74, 6) is 0.196. The lowest BCUT2D eigenvalue weighted by molar-refractivity contribution is 0.0695. The maximum atomic E-state index is 11.1. The number of anilines is 2. The van der Waals surface area contributed by atoms with Crippen LogP contribution in [0.15, 0.2) is 48.9 Å². The number of carbonyl (C=O) groups is 1. The number of rotatable bonds is 10. The summed E-state index contributed by atoms with van der Waals surface area (Å²) >= 11 is 0. The summed E-state index contributed by atoms with van der Waals surface area (Å²) in [6.07, 6.45) is 8.90. The largest absolute Gasteiger partial charge is 0.478 e. The first kappa shape index (κ1) is 25.6. The third kappa shape index (κ3) is 5.91. The lowest BCUT2D eigenvalue weighted by Crippen LogP contribution is -2.23. The molecule has 1 aliphatic carbocycles. The molecule has 10 heteroatoms. The summed E-state index contributed by atoms with van der Waals surface area (Å²) in [5, 5.41) is 25.9. The second-order valence-corrected chi connectivity index (χ2v) is 10.4. The number of pyridine rings is 1. The molecule has 10 nitrogen and oxygen atoms in total. The first-order chi connectivity index (χ1) is 18.3. The highest BCUT2D eigenvalue weighted by Gasteiger charge is 2.22. The molecule has 1 fully saturated rings. The Labute approximate surface area is 221 Å². The average Bonchev–Trinajstić information content (AvgIpc) is 3.57. The summed E-state index contributed by atoms with van der Waals surface area (Å²) in [6.45, 7) is 4.61. The molecule has 38 heavy (non-hydrogen) atoms. The second kappa shape index (κ2) is 10.7. The molecule has 0 bridgehead atoms. The maximum absolute atomic E-state index is 11.1. The van der Waals surface area contributed by atoms with Crippen LogP contribution in [-0.2, 0) is 6.54 Å². The van der Waals surface area contributed by atoms with Gasteiger partial charge >= 0.3 is 5.97 Å².